The van der Waals surface area contributed by atoms with Gasteiger partial charge in [0, 0.05) is 18.8 Å². The Bertz CT molecular complexity index is 810. The summed E-state index contributed by atoms with van der Waals surface area (Å²) >= 11 is 0. The van der Waals surface area contributed by atoms with Crippen LogP contribution in [0.2, 0.25) is 0 Å². The Hall–Kier alpha value is -1.32. The molecule has 1 aromatic rings. The topological polar surface area (TPSA) is 127 Å². The fourth-order valence-electron chi connectivity index (χ4n) is 2.61. The normalized spacial score (nSPS) is 12.2. The van der Waals surface area contributed by atoms with Crippen molar-refractivity contribution in [1.82, 2.24) is 0 Å². The summed E-state index contributed by atoms with van der Waals surface area (Å²) < 4.78 is 74.4. The minimum atomic E-state index is -3.45. The van der Waals surface area contributed by atoms with Crippen molar-refractivity contribution < 1.29 is 44.1 Å². The van der Waals surface area contributed by atoms with Crippen molar-refractivity contribution in [3.05, 3.63) is 29.8 Å². The van der Waals surface area contributed by atoms with Crippen molar-refractivity contribution in [2.45, 2.75) is 6.92 Å². The van der Waals surface area contributed by atoms with Crippen molar-refractivity contribution in [1.29, 1.82) is 0 Å². The number of anilines is 1. The first-order chi connectivity index (χ1) is 16.1. The van der Waals surface area contributed by atoms with Gasteiger partial charge in [0.05, 0.1) is 78.6 Å². The van der Waals surface area contributed by atoms with E-state index < -0.39 is 20.2 Å². The van der Waals surface area contributed by atoms with Gasteiger partial charge in [-0.05, 0) is 19.1 Å². The van der Waals surface area contributed by atoms with Gasteiger partial charge in [-0.25, -0.2) is 0 Å². The third-order valence-corrected chi connectivity index (χ3v) is 5.39. The number of nitrogens with zero attached hydrogens (tertiary/aromatic N) is 1. The van der Waals surface area contributed by atoms with E-state index in [0.717, 1.165) is 18.2 Å². The van der Waals surface area contributed by atoms with Crippen LogP contribution >= 0.6 is 0 Å². The third-order valence-electron chi connectivity index (χ3n) is 4.20. The highest BCUT2D eigenvalue weighted by Gasteiger charge is 2.07. The van der Waals surface area contributed by atoms with E-state index in [1.165, 1.54) is 5.56 Å². The van der Waals surface area contributed by atoms with Crippen LogP contribution in [0.25, 0.3) is 0 Å². The Morgan fingerprint density at radius 1 is 0.588 bits per heavy atom. The zero-order valence-electron chi connectivity index (χ0n) is 20.1. The molecule has 11 nitrogen and oxygen atoms in total. The maximum Gasteiger partial charge on any atom is 0.264 e. The van der Waals surface area contributed by atoms with Gasteiger partial charge in [-0.3, -0.25) is 8.37 Å². The van der Waals surface area contributed by atoms with E-state index in [0.29, 0.717) is 52.7 Å². The molecule has 0 radical (unpaired) electrons. The summed E-state index contributed by atoms with van der Waals surface area (Å²) in [7, 11) is -6.89. The Balaban J connectivity index is 2.22. The summed E-state index contributed by atoms with van der Waals surface area (Å²) in [6, 6.07) is 8.18. The molecule has 0 unspecified atom stereocenters. The van der Waals surface area contributed by atoms with E-state index in [4.69, 9.17) is 18.9 Å². The summed E-state index contributed by atoms with van der Waals surface area (Å²) in [6.45, 7) is 6.10. The number of rotatable bonds is 21. The van der Waals surface area contributed by atoms with Gasteiger partial charge in [0.2, 0.25) is 0 Å². The molecular formula is C21H37NO10S2. The molecule has 0 saturated carbocycles. The summed E-state index contributed by atoms with van der Waals surface area (Å²) in [5, 5.41) is 0. The largest absolute Gasteiger partial charge is 0.377 e. The Morgan fingerprint density at radius 2 is 0.941 bits per heavy atom. The van der Waals surface area contributed by atoms with Crippen molar-refractivity contribution in [2.75, 3.05) is 96.6 Å². The van der Waals surface area contributed by atoms with Crippen LogP contribution in [0, 0.1) is 6.92 Å². The summed E-state index contributed by atoms with van der Waals surface area (Å²) in [5.74, 6) is 0. The molecule has 1 rings (SSSR count). The van der Waals surface area contributed by atoms with Crippen LogP contribution < -0.4 is 4.90 Å². The minimum absolute atomic E-state index is 0.0144. The van der Waals surface area contributed by atoms with Gasteiger partial charge in [-0.2, -0.15) is 16.8 Å². The Labute approximate surface area is 203 Å². The van der Waals surface area contributed by atoms with Crippen molar-refractivity contribution in [3.63, 3.8) is 0 Å². The molecule has 0 bridgehead atoms. The van der Waals surface area contributed by atoms with Gasteiger partial charge >= 0.3 is 0 Å². The van der Waals surface area contributed by atoms with Crippen LogP contribution in [0.15, 0.2) is 24.3 Å². The van der Waals surface area contributed by atoms with Crippen molar-refractivity contribution in [2.24, 2.45) is 0 Å². The molecule has 0 amide bonds. The molecule has 0 aromatic heterocycles. The zero-order chi connectivity index (χ0) is 25.3. The second-order valence-electron chi connectivity index (χ2n) is 7.32. The Morgan fingerprint density at radius 3 is 1.32 bits per heavy atom. The van der Waals surface area contributed by atoms with Crippen LogP contribution in [0.3, 0.4) is 0 Å². The van der Waals surface area contributed by atoms with Crippen LogP contribution in [0.4, 0.5) is 5.69 Å². The van der Waals surface area contributed by atoms with E-state index >= 15 is 0 Å². The quantitative estimate of drug-likeness (QED) is 0.167. The molecule has 34 heavy (non-hydrogen) atoms. The second kappa shape index (κ2) is 17.2. The maximum atomic E-state index is 10.9. The van der Waals surface area contributed by atoms with Crippen LogP contribution in [-0.2, 0) is 47.5 Å². The van der Waals surface area contributed by atoms with Gasteiger partial charge in [0.15, 0.2) is 0 Å². The lowest BCUT2D eigenvalue weighted by Gasteiger charge is -2.25. The van der Waals surface area contributed by atoms with E-state index in [2.05, 4.69) is 13.3 Å². The number of ether oxygens (including phenoxy) is 4. The van der Waals surface area contributed by atoms with Gasteiger partial charge in [0.1, 0.15) is 0 Å². The summed E-state index contributed by atoms with van der Waals surface area (Å²) in [6.07, 6.45) is 1.99. The predicted molar refractivity (Wildman–Crippen MR) is 128 cm³/mol. The zero-order valence-corrected chi connectivity index (χ0v) is 21.8. The van der Waals surface area contributed by atoms with E-state index in [9.17, 15) is 16.8 Å². The monoisotopic (exact) mass is 527 g/mol. The number of benzene rings is 1. The van der Waals surface area contributed by atoms with E-state index in [1.54, 1.807) is 0 Å². The summed E-state index contributed by atoms with van der Waals surface area (Å²) in [5.41, 5.74) is 2.23. The van der Waals surface area contributed by atoms with Gasteiger partial charge in [-0.1, -0.05) is 17.7 Å². The van der Waals surface area contributed by atoms with Crippen LogP contribution in [-0.4, -0.2) is 109 Å². The highest BCUT2D eigenvalue weighted by Crippen LogP contribution is 2.14. The first kappa shape index (κ1) is 30.7. The molecule has 13 heteroatoms. The predicted octanol–water partition coefficient (Wildman–Crippen LogP) is 0.820. The van der Waals surface area contributed by atoms with Crippen molar-refractivity contribution >= 4 is 25.9 Å². The lowest BCUT2D eigenvalue weighted by atomic mass is 10.2. The molecule has 0 atom stereocenters. The highest BCUT2D eigenvalue weighted by molar-refractivity contribution is 7.86. The first-order valence-corrected chi connectivity index (χ1v) is 14.5. The molecule has 0 heterocycles. The molecular weight excluding hydrogens is 490 g/mol. The van der Waals surface area contributed by atoms with Crippen molar-refractivity contribution in [3.8, 4) is 0 Å². The molecule has 1 aromatic carbocycles. The average molecular weight is 528 g/mol. The molecule has 0 fully saturated rings. The number of aryl methyl sites for hydroxylation is 1. The standard InChI is InChI=1S/C21H37NO10S2/c1-20-4-6-21(7-5-20)22(8-10-27-12-14-29-16-18-31-33(2,23)24)9-11-28-13-15-30-17-19-32-34(3,25)26/h4-7H,8-19H2,1-3H3. The second-order valence-corrected chi connectivity index (χ2v) is 10.6. The third kappa shape index (κ3) is 18.1. The summed E-state index contributed by atoms with van der Waals surface area (Å²) in [4.78, 5) is 2.15. The minimum Gasteiger partial charge on any atom is -0.377 e. The van der Waals surface area contributed by atoms with E-state index in [1.807, 2.05) is 31.2 Å². The van der Waals surface area contributed by atoms with Gasteiger partial charge in [0.25, 0.3) is 20.2 Å². The van der Waals surface area contributed by atoms with Crippen LogP contribution in [0.5, 0.6) is 0 Å². The van der Waals surface area contributed by atoms with Gasteiger partial charge in [-0.15, -0.1) is 0 Å². The molecule has 0 aliphatic rings. The highest BCUT2D eigenvalue weighted by atomic mass is 32.2. The fourth-order valence-corrected chi connectivity index (χ4v) is 3.35. The molecule has 0 N–H and O–H groups in total. The lowest BCUT2D eigenvalue weighted by Crippen LogP contribution is -2.31. The first-order valence-electron chi connectivity index (χ1n) is 10.9. The van der Waals surface area contributed by atoms with Gasteiger partial charge < -0.3 is 23.8 Å². The fraction of sp³-hybridized carbons (Fsp3) is 0.714. The lowest BCUT2D eigenvalue weighted by molar-refractivity contribution is 0.0355. The maximum absolute atomic E-state index is 10.9. The Kier molecular flexibility index (Phi) is 15.5. The smallest absolute Gasteiger partial charge is 0.264 e. The van der Waals surface area contributed by atoms with E-state index in [-0.39, 0.29) is 26.4 Å². The van der Waals surface area contributed by atoms with Crippen LogP contribution in [0.1, 0.15) is 5.56 Å². The molecule has 0 aliphatic heterocycles. The molecule has 0 saturated heterocycles. The number of hydrogen-bond donors (Lipinski definition) is 0. The molecule has 0 aliphatic carbocycles. The number of hydrogen-bond acceptors (Lipinski definition) is 11. The average Bonchev–Trinajstić information content (AvgIpc) is 2.74. The molecule has 198 valence electrons. The SMILES string of the molecule is Cc1ccc(N(CCOCCOCCOS(C)(=O)=O)CCOCCOCCOS(C)(=O)=O)cc1. The molecule has 0 spiro atoms.